The maximum atomic E-state index is 12.1. The second-order valence-electron chi connectivity index (χ2n) is 4.41. The number of nitriles is 1. The van der Waals surface area contributed by atoms with Gasteiger partial charge >= 0.3 is 0 Å². The van der Waals surface area contributed by atoms with Crippen molar-refractivity contribution in [3.63, 3.8) is 0 Å². The van der Waals surface area contributed by atoms with Crippen molar-refractivity contribution in [1.82, 2.24) is 10.2 Å². The van der Waals surface area contributed by atoms with E-state index in [9.17, 15) is 4.79 Å². The van der Waals surface area contributed by atoms with E-state index < -0.39 is 0 Å². The smallest absolute Gasteiger partial charge is 0.237 e. The Morgan fingerprint density at radius 2 is 2.40 bits per heavy atom. The largest absolute Gasteiger partial charge is 0.467 e. The first-order valence-corrected chi connectivity index (χ1v) is 6.59. The number of nitrogens with one attached hydrogen (secondary N) is 1. The summed E-state index contributed by atoms with van der Waals surface area (Å²) < 4.78 is 10.2. The van der Waals surface area contributed by atoms with Crippen molar-refractivity contribution in [1.29, 1.82) is 5.26 Å². The van der Waals surface area contributed by atoms with Crippen LogP contribution in [0.25, 0.3) is 0 Å². The first-order valence-electron chi connectivity index (χ1n) is 6.59. The third-order valence-corrected chi connectivity index (χ3v) is 3.04. The van der Waals surface area contributed by atoms with Crippen LogP contribution >= 0.6 is 0 Å². The molecule has 0 saturated carbocycles. The lowest BCUT2D eigenvalue weighted by molar-refractivity contribution is -0.126. The lowest BCUT2D eigenvalue weighted by Crippen LogP contribution is -2.46. The molecule has 1 heterocycles. The number of methoxy groups -OCH3 is 1. The summed E-state index contributed by atoms with van der Waals surface area (Å²) in [4.78, 5) is 14.0. The minimum absolute atomic E-state index is 0.0876. The van der Waals surface area contributed by atoms with Crippen LogP contribution in [0, 0.1) is 11.3 Å². The molecule has 0 fully saturated rings. The lowest BCUT2D eigenvalue weighted by atomic mass is 10.2. The molecule has 0 aliphatic carbocycles. The summed E-state index contributed by atoms with van der Waals surface area (Å²) in [6.07, 6.45) is 1.96. The first-order chi connectivity index (χ1) is 9.69. The molecule has 1 N–H and O–H groups in total. The Kier molecular flexibility index (Phi) is 7.40. The highest BCUT2D eigenvalue weighted by Gasteiger charge is 2.20. The van der Waals surface area contributed by atoms with E-state index in [1.165, 1.54) is 0 Å². The molecule has 1 rings (SSSR count). The molecule has 0 saturated heterocycles. The van der Waals surface area contributed by atoms with Gasteiger partial charge in [0, 0.05) is 26.6 Å². The van der Waals surface area contributed by atoms with Gasteiger partial charge in [0.2, 0.25) is 5.91 Å². The van der Waals surface area contributed by atoms with E-state index in [1.54, 1.807) is 19.4 Å². The van der Waals surface area contributed by atoms with Crippen LogP contribution in [0.2, 0.25) is 0 Å². The van der Waals surface area contributed by atoms with Gasteiger partial charge in [-0.3, -0.25) is 9.69 Å². The van der Waals surface area contributed by atoms with Crippen molar-refractivity contribution in [2.75, 3.05) is 26.8 Å². The summed E-state index contributed by atoms with van der Waals surface area (Å²) in [7, 11) is 1.62. The van der Waals surface area contributed by atoms with Gasteiger partial charge in [-0.25, -0.2) is 0 Å². The third kappa shape index (κ3) is 5.43. The van der Waals surface area contributed by atoms with Crippen molar-refractivity contribution < 1.29 is 13.9 Å². The Labute approximate surface area is 119 Å². The number of hydrogen-bond donors (Lipinski definition) is 1. The molecule has 1 unspecified atom stereocenters. The summed E-state index contributed by atoms with van der Waals surface area (Å²) in [5.41, 5.74) is 0. The van der Waals surface area contributed by atoms with Crippen molar-refractivity contribution in [3.8, 4) is 6.07 Å². The van der Waals surface area contributed by atoms with Gasteiger partial charge in [0.1, 0.15) is 5.76 Å². The van der Waals surface area contributed by atoms with Crippen LogP contribution in [-0.4, -0.2) is 43.7 Å². The molecule has 6 heteroatoms. The van der Waals surface area contributed by atoms with E-state index in [2.05, 4.69) is 11.4 Å². The van der Waals surface area contributed by atoms with Gasteiger partial charge in [-0.05, 0) is 19.1 Å². The zero-order valence-electron chi connectivity index (χ0n) is 12.0. The number of furan rings is 1. The highest BCUT2D eigenvalue weighted by atomic mass is 16.5. The highest BCUT2D eigenvalue weighted by molar-refractivity contribution is 5.81. The number of hydrogen-bond acceptors (Lipinski definition) is 5. The number of amides is 1. The first kappa shape index (κ1) is 16.2. The van der Waals surface area contributed by atoms with E-state index in [4.69, 9.17) is 14.4 Å². The number of carbonyl (C=O) groups is 1. The second-order valence-corrected chi connectivity index (χ2v) is 4.41. The van der Waals surface area contributed by atoms with Gasteiger partial charge in [0.25, 0.3) is 0 Å². The van der Waals surface area contributed by atoms with Crippen LogP contribution in [0.15, 0.2) is 22.8 Å². The van der Waals surface area contributed by atoms with E-state index in [0.717, 1.165) is 0 Å². The normalized spacial score (nSPS) is 12.1. The summed E-state index contributed by atoms with van der Waals surface area (Å²) in [5.74, 6) is 0.626. The number of nitrogens with zero attached hydrogens (tertiary/aromatic N) is 2. The highest BCUT2D eigenvalue weighted by Crippen LogP contribution is 2.03. The van der Waals surface area contributed by atoms with Gasteiger partial charge in [-0.1, -0.05) is 0 Å². The fraction of sp³-hybridized carbons (Fsp3) is 0.571. The van der Waals surface area contributed by atoms with Gasteiger partial charge in [0.15, 0.2) is 0 Å². The molecule has 1 atom stereocenters. The molecular formula is C14H21N3O3. The van der Waals surface area contributed by atoms with Crippen molar-refractivity contribution in [2.24, 2.45) is 0 Å². The van der Waals surface area contributed by atoms with Crippen molar-refractivity contribution in [3.05, 3.63) is 24.2 Å². The molecular weight excluding hydrogens is 258 g/mol. The lowest BCUT2D eigenvalue weighted by Gasteiger charge is -2.27. The molecule has 0 aromatic carbocycles. The second kappa shape index (κ2) is 9.13. The zero-order valence-corrected chi connectivity index (χ0v) is 12.0. The van der Waals surface area contributed by atoms with Crippen LogP contribution < -0.4 is 5.32 Å². The summed E-state index contributed by atoms with van der Waals surface area (Å²) in [6, 6.07) is 5.37. The monoisotopic (exact) mass is 279 g/mol. The minimum Gasteiger partial charge on any atom is -0.467 e. The Balaban J connectivity index is 2.46. The maximum absolute atomic E-state index is 12.1. The molecule has 20 heavy (non-hydrogen) atoms. The predicted octanol–water partition coefficient (Wildman–Crippen LogP) is 1.15. The standard InChI is InChI=1S/C14H21N3O3/c1-12(17(7-4-6-15)8-10-19-2)14(18)16-11-13-5-3-9-20-13/h3,5,9,12H,4,7-8,10-11H2,1-2H3,(H,16,18). The molecule has 1 aromatic heterocycles. The fourth-order valence-electron chi connectivity index (χ4n) is 1.80. The molecule has 0 radical (unpaired) electrons. The summed E-state index contributed by atoms with van der Waals surface area (Å²) in [5, 5.41) is 11.5. The Hall–Kier alpha value is -1.84. The topological polar surface area (TPSA) is 78.5 Å². The van der Waals surface area contributed by atoms with Crippen LogP contribution in [-0.2, 0) is 16.1 Å². The molecule has 0 bridgehead atoms. The minimum atomic E-state index is -0.312. The van der Waals surface area contributed by atoms with Crippen LogP contribution in [0.4, 0.5) is 0 Å². The molecule has 6 nitrogen and oxygen atoms in total. The number of rotatable bonds is 9. The van der Waals surface area contributed by atoms with Gasteiger partial charge < -0.3 is 14.5 Å². The molecule has 110 valence electrons. The van der Waals surface area contributed by atoms with Gasteiger partial charge in [-0.2, -0.15) is 5.26 Å². The average Bonchev–Trinajstić information content (AvgIpc) is 2.97. The molecule has 1 aromatic rings. The van der Waals surface area contributed by atoms with Crippen LogP contribution in [0.1, 0.15) is 19.1 Å². The SMILES string of the molecule is COCCN(CCC#N)C(C)C(=O)NCc1ccco1. The molecule has 0 aliphatic heterocycles. The van der Waals surface area contributed by atoms with Crippen LogP contribution in [0.3, 0.4) is 0 Å². The van der Waals surface area contributed by atoms with E-state index in [-0.39, 0.29) is 11.9 Å². The third-order valence-electron chi connectivity index (χ3n) is 3.04. The number of carbonyl (C=O) groups excluding carboxylic acids is 1. The van der Waals surface area contributed by atoms with Crippen molar-refractivity contribution >= 4 is 5.91 Å². The van der Waals surface area contributed by atoms with Gasteiger partial charge in [-0.15, -0.1) is 0 Å². The number of ether oxygens (including phenoxy) is 1. The predicted molar refractivity (Wildman–Crippen MR) is 73.7 cm³/mol. The summed E-state index contributed by atoms with van der Waals surface area (Å²) >= 11 is 0. The van der Waals surface area contributed by atoms with Crippen LogP contribution in [0.5, 0.6) is 0 Å². The Morgan fingerprint density at radius 1 is 1.60 bits per heavy atom. The zero-order chi connectivity index (χ0) is 14.8. The van der Waals surface area contributed by atoms with E-state index >= 15 is 0 Å². The summed E-state index contributed by atoms with van der Waals surface area (Å²) in [6.45, 7) is 3.89. The average molecular weight is 279 g/mol. The fourth-order valence-corrected chi connectivity index (χ4v) is 1.80. The quantitative estimate of drug-likeness (QED) is 0.733. The van der Waals surface area contributed by atoms with Crippen molar-refractivity contribution in [2.45, 2.75) is 25.9 Å². The van der Waals surface area contributed by atoms with Gasteiger partial charge in [0.05, 0.1) is 31.5 Å². The Morgan fingerprint density at radius 3 is 3.00 bits per heavy atom. The van der Waals surface area contributed by atoms with E-state index in [0.29, 0.717) is 38.4 Å². The molecule has 0 spiro atoms. The van der Waals surface area contributed by atoms with E-state index in [1.807, 2.05) is 17.9 Å². The maximum Gasteiger partial charge on any atom is 0.237 e. The Bertz CT molecular complexity index is 425. The molecule has 0 aliphatic rings. The molecule has 1 amide bonds.